The van der Waals surface area contributed by atoms with Crippen molar-refractivity contribution in [2.45, 2.75) is 31.6 Å². The van der Waals surface area contributed by atoms with Gasteiger partial charge in [0, 0.05) is 6.42 Å². The maximum Gasteiger partial charge on any atom is 0.413 e. The zero-order valence-corrected chi connectivity index (χ0v) is 11.3. The van der Waals surface area contributed by atoms with Crippen LogP contribution in [-0.2, 0) is 16.0 Å². The van der Waals surface area contributed by atoms with E-state index < -0.39 is 29.9 Å². The number of ether oxygens (including phenoxy) is 1. The summed E-state index contributed by atoms with van der Waals surface area (Å²) in [5, 5.41) is 21.2. The third kappa shape index (κ3) is 2.34. The van der Waals surface area contributed by atoms with Gasteiger partial charge in [0.05, 0.1) is 12.5 Å². The van der Waals surface area contributed by atoms with Gasteiger partial charge in [0.1, 0.15) is 0 Å². The number of aliphatic hydroxyl groups is 1. The molecular formula is C14H16NO5-. The zero-order chi connectivity index (χ0) is 15.0. The number of rotatable bonds is 4. The number of hydrogen-bond acceptors (Lipinski definition) is 5. The molecule has 1 heterocycles. The van der Waals surface area contributed by atoms with E-state index in [1.165, 1.54) is 6.92 Å². The first-order chi connectivity index (χ1) is 9.26. The van der Waals surface area contributed by atoms with Crippen LogP contribution in [0, 0.1) is 0 Å². The molecule has 0 aromatic heterocycles. The standard InChI is InChI=1S/C14H17NO5/c1-13(8-10-6-4-3-5-7-10)14(2,19)15(9-11(16)17)12(18)20-13/h3-7,19H,8-9H2,1-2H3,(H,16,17)/p-1. The van der Waals surface area contributed by atoms with Gasteiger partial charge in [0.15, 0.2) is 11.3 Å². The van der Waals surface area contributed by atoms with Gasteiger partial charge in [0.2, 0.25) is 0 Å². The Hall–Kier alpha value is -2.08. The second-order valence-corrected chi connectivity index (χ2v) is 5.24. The summed E-state index contributed by atoms with van der Waals surface area (Å²) in [6.07, 6.45) is -0.589. The van der Waals surface area contributed by atoms with Crippen molar-refractivity contribution in [3.05, 3.63) is 35.9 Å². The molecule has 6 nitrogen and oxygen atoms in total. The number of benzene rings is 1. The minimum absolute atomic E-state index is 0.274. The molecule has 108 valence electrons. The summed E-state index contributed by atoms with van der Waals surface area (Å²) in [7, 11) is 0. The van der Waals surface area contributed by atoms with Crippen LogP contribution in [-0.4, -0.2) is 39.9 Å². The number of carbonyl (C=O) groups excluding carboxylic acids is 2. The van der Waals surface area contributed by atoms with Gasteiger partial charge in [-0.2, -0.15) is 0 Å². The Morgan fingerprint density at radius 1 is 1.35 bits per heavy atom. The molecule has 1 fully saturated rings. The van der Waals surface area contributed by atoms with Gasteiger partial charge in [-0.15, -0.1) is 0 Å². The number of cyclic esters (lactones) is 1. The minimum Gasteiger partial charge on any atom is -0.548 e. The second kappa shape index (κ2) is 4.79. The van der Waals surface area contributed by atoms with Crippen molar-refractivity contribution in [2.75, 3.05) is 6.54 Å². The molecule has 2 unspecified atom stereocenters. The summed E-state index contributed by atoms with van der Waals surface area (Å²) >= 11 is 0. The maximum atomic E-state index is 11.8. The SMILES string of the molecule is CC1(Cc2ccccc2)OC(=O)N(CC(=O)[O-])C1(C)O. The van der Waals surface area contributed by atoms with Gasteiger partial charge in [-0.3, -0.25) is 4.90 Å². The minimum atomic E-state index is -1.74. The van der Waals surface area contributed by atoms with E-state index in [0.29, 0.717) is 0 Å². The number of carboxylic acids is 1. The first kappa shape index (κ1) is 14.3. The Morgan fingerprint density at radius 2 is 1.95 bits per heavy atom. The van der Waals surface area contributed by atoms with E-state index in [4.69, 9.17) is 4.74 Å². The van der Waals surface area contributed by atoms with Gasteiger partial charge < -0.3 is 19.7 Å². The largest absolute Gasteiger partial charge is 0.548 e. The molecule has 0 aliphatic carbocycles. The van der Waals surface area contributed by atoms with Crippen molar-refractivity contribution < 1.29 is 24.5 Å². The van der Waals surface area contributed by atoms with Crippen LogP contribution in [0.4, 0.5) is 4.79 Å². The fourth-order valence-electron chi connectivity index (χ4n) is 2.34. The third-order valence-electron chi connectivity index (χ3n) is 3.73. The topological polar surface area (TPSA) is 89.9 Å². The maximum absolute atomic E-state index is 11.8. The predicted octanol–water partition coefficient (Wildman–Crippen LogP) is -0.102. The van der Waals surface area contributed by atoms with Crippen molar-refractivity contribution in [2.24, 2.45) is 0 Å². The summed E-state index contributed by atoms with van der Waals surface area (Å²) in [4.78, 5) is 23.2. The van der Waals surface area contributed by atoms with Crippen LogP contribution in [0.2, 0.25) is 0 Å². The molecule has 1 amide bonds. The third-order valence-corrected chi connectivity index (χ3v) is 3.73. The molecule has 1 N–H and O–H groups in total. The Labute approximate surface area is 116 Å². The number of carbonyl (C=O) groups is 2. The van der Waals surface area contributed by atoms with Crippen molar-refractivity contribution in [1.82, 2.24) is 4.90 Å². The smallest absolute Gasteiger partial charge is 0.413 e. The lowest BCUT2D eigenvalue weighted by Gasteiger charge is -2.37. The molecule has 1 aromatic rings. The normalized spacial score (nSPS) is 29.4. The summed E-state index contributed by atoms with van der Waals surface area (Å²) in [6.45, 7) is 2.23. The molecule has 0 radical (unpaired) electrons. The molecule has 1 aliphatic rings. The van der Waals surface area contributed by atoms with Crippen molar-refractivity contribution >= 4 is 12.1 Å². The highest BCUT2D eigenvalue weighted by atomic mass is 16.6. The number of amides is 1. The monoisotopic (exact) mass is 278 g/mol. The fraction of sp³-hybridized carbons (Fsp3) is 0.429. The molecule has 6 heteroatoms. The number of carboxylic acid groups (broad SMARTS) is 1. The van der Waals surface area contributed by atoms with Gasteiger partial charge in [-0.1, -0.05) is 30.3 Å². The van der Waals surface area contributed by atoms with Gasteiger partial charge >= 0.3 is 6.09 Å². The van der Waals surface area contributed by atoms with Crippen LogP contribution in [0.15, 0.2) is 30.3 Å². The molecule has 1 aromatic carbocycles. The Morgan fingerprint density at radius 3 is 2.50 bits per heavy atom. The quantitative estimate of drug-likeness (QED) is 0.830. The Kier molecular flexibility index (Phi) is 3.43. The average Bonchev–Trinajstić information content (AvgIpc) is 2.50. The van der Waals surface area contributed by atoms with E-state index in [9.17, 15) is 19.8 Å². The van der Waals surface area contributed by atoms with Crippen LogP contribution in [0.25, 0.3) is 0 Å². The molecule has 0 saturated carbocycles. The lowest BCUT2D eigenvalue weighted by molar-refractivity contribution is -0.307. The van der Waals surface area contributed by atoms with Crippen molar-refractivity contribution in [1.29, 1.82) is 0 Å². The van der Waals surface area contributed by atoms with E-state index in [0.717, 1.165) is 10.5 Å². The summed E-state index contributed by atoms with van der Waals surface area (Å²) in [5.74, 6) is -1.45. The second-order valence-electron chi connectivity index (χ2n) is 5.24. The Balaban J connectivity index is 2.28. The highest BCUT2D eigenvalue weighted by molar-refractivity contribution is 5.78. The average molecular weight is 278 g/mol. The van der Waals surface area contributed by atoms with E-state index >= 15 is 0 Å². The van der Waals surface area contributed by atoms with Crippen LogP contribution < -0.4 is 5.11 Å². The van der Waals surface area contributed by atoms with Crippen LogP contribution in [0.1, 0.15) is 19.4 Å². The summed E-state index contributed by atoms with van der Waals surface area (Å²) in [5.41, 5.74) is -2.10. The number of aliphatic carboxylic acids is 1. The van der Waals surface area contributed by atoms with E-state index in [-0.39, 0.29) is 6.42 Å². The number of hydrogen-bond donors (Lipinski definition) is 1. The predicted molar refractivity (Wildman–Crippen MR) is 67.4 cm³/mol. The van der Waals surface area contributed by atoms with Crippen LogP contribution >= 0.6 is 0 Å². The molecule has 0 spiro atoms. The summed E-state index contributed by atoms with van der Waals surface area (Å²) < 4.78 is 5.23. The first-order valence-electron chi connectivity index (χ1n) is 6.23. The molecule has 1 aliphatic heterocycles. The molecular weight excluding hydrogens is 262 g/mol. The Bertz CT molecular complexity index is 528. The summed E-state index contributed by atoms with van der Waals surface area (Å²) in [6, 6.07) is 9.21. The van der Waals surface area contributed by atoms with E-state index in [2.05, 4.69) is 0 Å². The number of nitrogens with zero attached hydrogens (tertiary/aromatic N) is 1. The van der Waals surface area contributed by atoms with Crippen molar-refractivity contribution in [3.63, 3.8) is 0 Å². The lowest BCUT2D eigenvalue weighted by Crippen LogP contribution is -2.58. The van der Waals surface area contributed by atoms with Crippen LogP contribution in [0.3, 0.4) is 0 Å². The highest BCUT2D eigenvalue weighted by Crippen LogP contribution is 2.39. The van der Waals surface area contributed by atoms with Crippen LogP contribution in [0.5, 0.6) is 0 Å². The first-order valence-corrected chi connectivity index (χ1v) is 6.23. The van der Waals surface area contributed by atoms with Crippen molar-refractivity contribution in [3.8, 4) is 0 Å². The fourth-order valence-corrected chi connectivity index (χ4v) is 2.34. The lowest BCUT2D eigenvalue weighted by atomic mass is 9.87. The molecule has 1 saturated heterocycles. The zero-order valence-electron chi connectivity index (χ0n) is 11.3. The molecule has 20 heavy (non-hydrogen) atoms. The van der Waals surface area contributed by atoms with E-state index in [1.54, 1.807) is 6.92 Å². The molecule has 2 atom stereocenters. The van der Waals surface area contributed by atoms with Gasteiger partial charge in [0.25, 0.3) is 0 Å². The highest BCUT2D eigenvalue weighted by Gasteiger charge is 2.59. The van der Waals surface area contributed by atoms with Gasteiger partial charge in [-0.25, -0.2) is 4.79 Å². The molecule has 0 bridgehead atoms. The van der Waals surface area contributed by atoms with Gasteiger partial charge in [-0.05, 0) is 19.4 Å². The van der Waals surface area contributed by atoms with E-state index in [1.807, 2.05) is 30.3 Å². The molecule has 2 rings (SSSR count).